The summed E-state index contributed by atoms with van der Waals surface area (Å²) in [4.78, 5) is 28.6. The molecular weight excluding hydrogens is 611 g/mol. The van der Waals surface area contributed by atoms with Gasteiger partial charge in [-0.05, 0) is 119 Å². The second kappa shape index (κ2) is 13.6. The van der Waals surface area contributed by atoms with Crippen LogP contribution in [0.2, 0.25) is 0 Å². The highest BCUT2D eigenvalue weighted by molar-refractivity contribution is 7.92. The fourth-order valence-corrected chi connectivity index (χ4v) is 9.01. The van der Waals surface area contributed by atoms with Crippen molar-refractivity contribution in [3.8, 4) is 11.3 Å². The van der Waals surface area contributed by atoms with Gasteiger partial charge in [0.05, 0.1) is 17.2 Å². The molecule has 10 heteroatoms. The zero-order chi connectivity index (χ0) is 33.3. The quantitative estimate of drug-likeness (QED) is 0.320. The number of nitrogens with zero attached hydrogens (tertiary/aromatic N) is 4. The summed E-state index contributed by atoms with van der Waals surface area (Å²) in [6.07, 6.45) is 6.42. The number of benzene rings is 2. The third-order valence-electron chi connectivity index (χ3n) is 10.5. The number of likely N-dealkylation sites (tertiary alicyclic amines) is 1. The van der Waals surface area contributed by atoms with E-state index in [0.717, 1.165) is 87.2 Å². The largest absolute Gasteiger partial charge is 0.383 e. The highest BCUT2D eigenvalue weighted by Crippen LogP contribution is 2.52. The van der Waals surface area contributed by atoms with Crippen LogP contribution in [0.15, 0.2) is 53.4 Å². The Morgan fingerprint density at radius 2 is 1.72 bits per heavy atom. The molecule has 0 radical (unpaired) electrons. The number of fused-ring (bicyclic) bond motifs is 4. The Morgan fingerprint density at radius 1 is 1.02 bits per heavy atom. The van der Waals surface area contributed by atoms with E-state index in [4.69, 9.17) is 14.7 Å². The zero-order valence-corrected chi connectivity index (χ0v) is 29.3. The Balaban J connectivity index is 1.37. The van der Waals surface area contributed by atoms with Crippen molar-refractivity contribution in [2.75, 3.05) is 38.1 Å². The summed E-state index contributed by atoms with van der Waals surface area (Å²) in [6.45, 7) is 12.3. The number of carbonyl (C=O) groups is 1. The van der Waals surface area contributed by atoms with Gasteiger partial charge in [0.1, 0.15) is 0 Å². The Bertz CT molecular complexity index is 1690. The molecule has 0 unspecified atom stereocenters. The number of hydrogen-bond acceptors (Lipinski definition) is 7. The maximum absolute atomic E-state index is 14.6. The van der Waals surface area contributed by atoms with Crippen LogP contribution in [0.1, 0.15) is 79.6 Å². The third kappa shape index (κ3) is 7.25. The molecule has 2 aliphatic heterocycles. The lowest BCUT2D eigenvalue weighted by Crippen LogP contribution is -2.59. The first-order valence-corrected chi connectivity index (χ1v) is 18.6. The van der Waals surface area contributed by atoms with Gasteiger partial charge in [-0.1, -0.05) is 38.1 Å². The molecule has 1 atom stereocenters. The number of aryl methyl sites for hydroxylation is 3. The second-order valence-electron chi connectivity index (χ2n) is 14.4. The molecule has 1 saturated heterocycles. The number of rotatable bonds is 7. The molecule has 4 bridgehead atoms. The first kappa shape index (κ1) is 33.6. The van der Waals surface area contributed by atoms with E-state index in [0.29, 0.717) is 23.6 Å². The van der Waals surface area contributed by atoms with Gasteiger partial charge in [0, 0.05) is 42.6 Å². The van der Waals surface area contributed by atoms with Crippen LogP contribution in [-0.2, 0) is 21.2 Å². The van der Waals surface area contributed by atoms with Gasteiger partial charge in [-0.25, -0.2) is 23.1 Å². The van der Waals surface area contributed by atoms with Crippen molar-refractivity contribution >= 4 is 21.9 Å². The Kier molecular flexibility index (Phi) is 9.74. The molecule has 2 aromatic carbocycles. The van der Waals surface area contributed by atoms with Crippen LogP contribution < -0.4 is 4.72 Å². The predicted octanol–water partition coefficient (Wildman–Crippen LogP) is 6.26. The summed E-state index contributed by atoms with van der Waals surface area (Å²) in [7, 11) is -2.31. The first-order valence-electron chi connectivity index (χ1n) is 17.1. The van der Waals surface area contributed by atoms with Gasteiger partial charge in [0.25, 0.3) is 15.9 Å². The van der Waals surface area contributed by atoms with Crippen molar-refractivity contribution in [3.05, 3.63) is 70.9 Å². The van der Waals surface area contributed by atoms with E-state index in [9.17, 15) is 13.2 Å². The average molecular weight is 660 g/mol. The summed E-state index contributed by atoms with van der Waals surface area (Å²) in [6, 6.07) is 14.6. The molecule has 6 rings (SSSR count). The second-order valence-corrected chi connectivity index (χ2v) is 16.1. The zero-order valence-electron chi connectivity index (χ0n) is 28.5. The smallest absolute Gasteiger partial charge is 0.264 e. The third-order valence-corrected chi connectivity index (χ3v) is 11.8. The number of amides is 1. The van der Waals surface area contributed by atoms with Gasteiger partial charge in [0.2, 0.25) is 5.95 Å². The van der Waals surface area contributed by atoms with Crippen LogP contribution in [0.25, 0.3) is 11.3 Å². The minimum atomic E-state index is -4.06. The van der Waals surface area contributed by atoms with Crippen molar-refractivity contribution < 1.29 is 17.9 Å². The summed E-state index contributed by atoms with van der Waals surface area (Å²) < 4.78 is 35.4. The molecule has 1 spiro atoms. The summed E-state index contributed by atoms with van der Waals surface area (Å²) in [5.74, 6) is 0.341. The number of nitrogens with one attached hydrogen (secondary N) is 1. The van der Waals surface area contributed by atoms with E-state index in [1.807, 2.05) is 38.1 Å². The maximum atomic E-state index is 14.6. The van der Waals surface area contributed by atoms with Gasteiger partial charge in [-0.3, -0.25) is 4.79 Å². The summed E-state index contributed by atoms with van der Waals surface area (Å²) >= 11 is 0. The van der Waals surface area contributed by atoms with Crippen molar-refractivity contribution in [3.63, 3.8) is 0 Å². The number of ether oxygens (including phenoxy) is 1. The monoisotopic (exact) mass is 659 g/mol. The van der Waals surface area contributed by atoms with Gasteiger partial charge in [0.15, 0.2) is 0 Å². The molecule has 47 heavy (non-hydrogen) atoms. The lowest BCUT2D eigenvalue weighted by molar-refractivity contribution is -0.0506. The molecule has 1 N–H and O–H groups in total. The van der Waals surface area contributed by atoms with Gasteiger partial charge < -0.3 is 14.5 Å². The standard InChI is InChI=1S/C37H49N5O4S/c1-25(2)20-30-13-12-29-22-33(34-26(3)8-6-9-27(34)4)39-36(38-29)40-47(44,45)32-11-7-10-28(21-32)35(43)42(30)31-23-37(24-31)14-16-41(17-15-37)18-19-46-5/h6-11,21-22,25,30-31H,12-20,23-24H2,1-5H3,(H,38,39,40)/t30-/m0/s1. The van der Waals surface area contributed by atoms with Gasteiger partial charge >= 0.3 is 0 Å². The van der Waals surface area contributed by atoms with Crippen LogP contribution in [-0.4, -0.2) is 79.5 Å². The van der Waals surface area contributed by atoms with Crippen LogP contribution in [0.5, 0.6) is 0 Å². The maximum Gasteiger partial charge on any atom is 0.264 e. The normalized spacial score (nSPS) is 21.4. The van der Waals surface area contributed by atoms with E-state index in [2.05, 4.69) is 28.4 Å². The Labute approximate surface area is 280 Å². The van der Waals surface area contributed by atoms with E-state index in [1.54, 1.807) is 19.2 Å². The number of piperidine rings is 1. The topological polar surface area (TPSA) is 105 Å². The van der Waals surface area contributed by atoms with Crippen LogP contribution in [0.3, 0.4) is 0 Å². The molecule has 9 nitrogen and oxygen atoms in total. The number of sulfonamides is 1. The van der Waals surface area contributed by atoms with E-state index >= 15 is 0 Å². The summed E-state index contributed by atoms with van der Waals surface area (Å²) in [5.41, 5.74) is 5.22. The van der Waals surface area contributed by atoms with E-state index < -0.39 is 10.0 Å². The van der Waals surface area contributed by atoms with Gasteiger partial charge in [-0.15, -0.1) is 0 Å². The molecule has 252 valence electrons. The lowest BCUT2D eigenvalue weighted by atomic mass is 9.59. The van der Waals surface area contributed by atoms with Crippen molar-refractivity contribution in [2.45, 2.75) is 89.6 Å². The van der Waals surface area contributed by atoms with Crippen LogP contribution in [0.4, 0.5) is 5.95 Å². The molecule has 1 aromatic heterocycles. The van der Waals surface area contributed by atoms with Crippen molar-refractivity contribution in [1.29, 1.82) is 0 Å². The lowest BCUT2D eigenvalue weighted by Gasteiger charge is -2.56. The molecular formula is C37H49N5O4S. The molecule has 1 amide bonds. The molecule has 1 aliphatic carbocycles. The number of methoxy groups -OCH3 is 1. The number of carbonyl (C=O) groups excluding carboxylic acids is 1. The van der Waals surface area contributed by atoms with E-state index in [-0.39, 0.29) is 34.2 Å². The fraction of sp³-hybridized carbons (Fsp3) is 0.541. The molecule has 3 aromatic rings. The minimum Gasteiger partial charge on any atom is -0.383 e. The van der Waals surface area contributed by atoms with Crippen molar-refractivity contribution in [2.24, 2.45) is 11.3 Å². The van der Waals surface area contributed by atoms with Gasteiger partial charge in [-0.2, -0.15) is 0 Å². The highest BCUT2D eigenvalue weighted by Gasteiger charge is 2.50. The summed E-state index contributed by atoms with van der Waals surface area (Å²) in [5, 5.41) is 0. The molecule has 2 fully saturated rings. The number of aromatic nitrogens is 2. The Hall–Kier alpha value is -3.34. The molecule has 3 heterocycles. The highest BCUT2D eigenvalue weighted by atomic mass is 32.2. The Morgan fingerprint density at radius 3 is 2.40 bits per heavy atom. The molecule has 1 saturated carbocycles. The minimum absolute atomic E-state index is 0.0114. The number of anilines is 1. The number of hydrogen-bond donors (Lipinski definition) is 1. The van der Waals surface area contributed by atoms with Crippen LogP contribution >= 0.6 is 0 Å². The van der Waals surface area contributed by atoms with E-state index in [1.165, 1.54) is 12.1 Å². The first-order chi connectivity index (χ1) is 22.5. The predicted molar refractivity (Wildman–Crippen MR) is 185 cm³/mol. The SMILES string of the molecule is COCCN1CCC2(CC1)CC(N1C(=O)c3cccc(c3)S(=O)(=O)Nc3nc(cc(-c4c(C)cccc4C)n3)CC[C@H]1CC(C)C)C2. The van der Waals surface area contributed by atoms with Crippen molar-refractivity contribution in [1.82, 2.24) is 19.8 Å². The fourth-order valence-electron chi connectivity index (χ4n) is 8.02. The average Bonchev–Trinajstić information content (AvgIpc) is 3.01. The van der Waals surface area contributed by atoms with Crippen LogP contribution in [0, 0.1) is 25.2 Å². The molecule has 3 aliphatic rings.